The maximum absolute atomic E-state index is 11.5. The zero-order valence-corrected chi connectivity index (χ0v) is 11.4. The van der Waals surface area contributed by atoms with Crippen molar-refractivity contribution in [3.05, 3.63) is 34.2 Å². The molecule has 1 amide bonds. The van der Waals surface area contributed by atoms with Crippen molar-refractivity contribution in [1.29, 1.82) is 0 Å². The molecule has 2 N–H and O–H groups in total. The van der Waals surface area contributed by atoms with Crippen molar-refractivity contribution in [2.24, 2.45) is 0 Å². The van der Waals surface area contributed by atoms with Gasteiger partial charge in [0.2, 0.25) is 5.91 Å². The molecule has 0 aromatic carbocycles. The summed E-state index contributed by atoms with van der Waals surface area (Å²) in [7, 11) is 0. The molecule has 6 nitrogen and oxygen atoms in total. The summed E-state index contributed by atoms with van der Waals surface area (Å²) in [5, 5.41) is 11.0. The van der Waals surface area contributed by atoms with Gasteiger partial charge in [0.15, 0.2) is 0 Å². The molecule has 0 aliphatic carbocycles. The Morgan fingerprint density at radius 3 is 2.79 bits per heavy atom. The van der Waals surface area contributed by atoms with Gasteiger partial charge in [-0.25, -0.2) is 0 Å². The van der Waals surface area contributed by atoms with E-state index < -0.39 is 5.97 Å². The highest BCUT2D eigenvalue weighted by Gasteiger charge is 2.04. The van der Waals surface area contributed by atoms with Crippen LogP contribution in [0.15, 0.2) is 23.1 Å². The maximum Gasteiger partial charge on any atom is 0.313 e. The first-order valence-corrected chi connectivity index (χ1v) is 6.88. The Morgan fingerprint density at radius 1 is 1.42 bits per heavy atom. The minimum absolute atomic E-state index is 0.0924. The molecule has 0 saturated heterocycles. The zero-order chi connectivity index (χ0) is 14.3. The van der Waals surface area contributed by atoms with Crippen LogP contribution in [0.5, 0.6) is 0 Å². The van der Waals surface area contributed by atoms with Gasteiger partial charge < -0.3 is 15.0 Å². The van der Waals surface area contributed by atoms with Crippen molar-refractivity contribution < 1.29 is 14.7 Å². The number of aromatic nitrogens is 1. The second-order valence-electron chi connectivity index (χ2n) is 3.97. The average Bonchev–Trinajstić information content (AvgIpc) is 2.31. The average molecular weight is 284 g/mol. The molecule has 19 heavy (non-hydrogen) atoms. The van der Waals surface area contributed by atoms with Crippen molar-refractivity contribution in [3.63, 3.8) is 0 Å². The van der Waals surface area contributed by atoms with Gasteiger partial charge >= 0.3 is 5.97 Å². The van der Waals surface area contributed by atoms with Crippen LogP contribution in [0.4, 0.5) is 0 Å². The summed E-state index contributed by atoms with van der Waals surface area (Å²) in [6.45, 7) is 2.58. The summed E-state index contributed by atoms with van der Waals surface area (Å²) in [6, 6.07) is 3.36. The smallest absolute Gasteiger partial charge is 0.313 e. The third kappa shape index (κ3) is 6.10. The number of nitrogens with zero attached hydrogens (tertiary/aromatic N) is 1. The van der Waals surface area contributed by atoms with Crippen molar-refractivity contribution in [1.82, 2.24) is 9.88 Å². The number of pyridine rings is 1. The molecule has 0 aliphatic rings. The topological polar surface area (TPSA) is 88.4 Å². The lowest BCUT2D eigenvalue weighted by Gasteiger charge is -2.07. The van der Waals surface area contributed by atoms with Crippen LogP contribution in [-0.4, -0.2) is 39.6 Å². The van der Waals surface area contributed by atoms with Crippen LogP contribution in [0.1, 0.15) is 5.56 Å². The highest BCUT2D eigenvalue weighted by atomic mass is 32.2. The molecule has 0 bridgehead atoms. The first-order chi connectivity index (χ1) is 8.99. The fourth-order valence-electron chi connectivity index (χ4n) is 1.39. The SMILES string of the molecule is Cc1ccn(CCNC(=O)CSCC(=O)O)c(=O)c1. The Bertz CT molecular complexity index is 513. The van der Waals surface area contributed by atoms with Gasteiger partial charge in [-0.2, -0.15) is 0 Å². The van der Waals surface area contributed by atoms with Crippen molar-refractivity contribution in [2.45, 2.75) is 13.5 Å². The van der Waals surface area contributed by atoms with Gasteiger partial charge in [0.25, 0.3) is 5.56 Å². The Hall–Kier alpha value is -1.76. The van der Waals surface area contributed by atoms with Crippen molar-refractivity contribution >= 4 is 23.6 Å². The summed E-state index contributed by atoms with van der Waals surface area (Å²) in [6.07, 6.45) is 1.68. The molecule has 1 rings (SSSR count). The van der Waals surface area contributed by atoms with E-state index in [4.69, 9.17) is 5.11 Å². The summed E-state index contributed by atoms with van der Waals surface area (Å²) >= 11 is 1.04. The number of hydrogen-bond donors (Lipinski definition) is 2. The monoisotopic (exact) mass is 284 g/mol. The van der Waals surface area contributed by atoms with Crippen LogP contribution in [-0.2, 0) is 16.1 Å². The van der Waals surface area contributed by atoms with E-state index in [1.165, 1.54) is 10.6 Å². The van der Waals surface area contributed by atoms with Crippen LogP contribution in [0.3, 0.4) is 0 Å². The minimum atomic E-state index is -0.941. The van der Waals surface area contributed by atoms with Crippen LogP contribution in [0, 0.1) is 6.92 Å². The normalized spacial score (nSPS) is 10.2. The van der Waals surface area contributed by atoms with Gasteiger partial charge in [0.05, 0.1) is 11.5 Å². The molecular formula is C12H16N2O4S. The van der Waals surface area contributed by atoms with E-state index in [2.05, 4.69) is 5.32 Å². The van der Waals surface area contributed by atoms with Gasteiger partial charge in [-0.15, -0.1) is 11.8 Å². The predicted octanol–water partition coefficient (Wildman–Crippen LogP) is 0.0907. The van der Waals surface area contributed by atoms with E-state index >= 15 is 0 Å². The molecule has 1 heterocycles. The van der Waals surface area contributed by atoms with Gasteiger partial charge in [0, 0.05) is 25.4 Å². The number of carbonyl (C=O) groups is 2. The molecule has 7 heteroatoms. The van der Waals surface area contributed by atoms with Crippen molar-refractivity contribution in [2.75, 3.05) is 18.1 Å². The standard InChI is InChI=1S/C12H16N2O4S/c1-9-2-4-14(11(16)6-9)5-3-13-10(15)7-19-8-12(17)18/h2,4,6H,3,5,7-8H2,1H3,(H,13,15)(H,17,18). The lowest BCUT2D eigenvalue weighted by atomic mass is 10.3. The van der Waals surface area contributed by atoms with Gasteiger partial charge in [-0.1, -0.05) is 0 Å². The third-order valence-electron chi connectivity index (χ3n) is 2.29. The second kappa shape index (κ2) is 7.63. The molecule has 0 radical (unpaired) electrons. The Morgan fingerprint density at radius 2 is 2.16 bits per heavy atom. The van der Waals surface area contributed by atoms with E-state index in [1.54, 1.807) is 6.20 Å². The molecule has 0 saturated carbocycles. The maximum atomic E-state index is 11.5. The van der Waals surface area contributed by atoms with E-state index in [1.807, 2.05) is 13.0 Å². The van der Waals surface area contributed by atoms with Crippen LogP contribution in [0.25, 0.3) is 0 Å². The summed E-state index contributed by atoms with van der Waals surface area (Å²) < 4.78 is 1.51. The van der Waals surface area contributed by atoms with Crippen LogP contribution in [0.2, 0.25) is 0 Å². The number of aryl methyl sites for hydroxylation is 1. The number of hydrogen-bond acceptors (Lipinski definition) is 4. The van der Waals surface area contributed by atoms with Gasteiger partial charge in [0.1, 0.15) is 0 Å². The highest BCUT2D eigenvalue weighted by molar-refractivity contribution is 8.00. The molecule has 0 atom stereocenters. The number of thioether (sulfide) groups is 1. The largest absolute Gasteiger partial charge is 0.481 e. The predicted molar refractivity (Wildman–Crippen MR) is 73.4 cm³/mol. The number of rotatable bonds is 7. The van der Waals surface area contributed by atoms with Crippen molar-refractivity contribution in [3.8, 4) is 0 Å². The molecule has 0 spiro atoms. The Kier molecular flexibility index (Phi) is 6.14. The fraction of sp³-hybridized carbons (Fsp3) is 0.417. The minimum Gasteiger partial charge on any atom is -0.481 e. The summed E-state index contributed by atoms with van der Waals surface area (Å²) in [4.78, 5) is 33.1. The Balaban J connectivity index is 2.28. The lowest BCUT2D eigenvalue weighted by molar-refractivity contribution is -0.133. The number of carboxylic acids is 1. The molecule has 0 fully saturated rings. The number of carboxylic acid groups (broad SMARTS) is 1. The second-order valence-corrected chi connectivity index (χ2v) is 4.96. The van der Waals surface area contributed by atoms with Crippen LogP contribution >= 0.6 is 11.8 Å². The quantitative estimate of drug-likeness (QED) is 0.741. The third-order valence-corrected chi connectivity index (χ3v) is 3.20. The number of carbonyl (C=O) groups excluding carboxylic acids is 1. The van der Waals surface area contributed by atoms with E-state index in [-0.39, 0.29) is 23.0 Å². The van der Waals surface area contributed by atoms with Crippen LogP contribution < -0.4 is 10.9 Å². The molecule has 0 aliphatic heterocycles. The lowest BCUT2D eigenvalue weighted by Crippen LogP contribution is -2.31. The van der Waals surface area contributed by atoms with E-state index in [0.717, 1.165) is 17.3 Å². The molecule has 1 aromatic rings. The molecule has 1 aromatic heterocycles. The first kappa shape index (κ1) is 15.3. The molecule has 104 valence electrons. The fourth-order valence-corrected chi connectivity index (χ4v) is 1.95. The van der Waals surface area contributed by atoms with Gasteiger partial charge in [-0.3, -0.25) is 14.4 Å². The summed E-state index contributed by atoms with van der Waals surface area (Å²) in [5.41, 5.74) is 0.796. The molecule has 0 unspecified atom stereocenters. The zero-order valence-electron chi connectivity index (χ0n) is 10.6. The number of amides is 1. The highest BCUT2D eigenvalue weighted by Crippen LogP contribution is 1.97. The van der Waals surface area contributed by atoms with Gasteiger partial charge in [-0.05, 0) is 18.6 Å². The summed E-state index contributed by atoms with van der Waals surface area (Å²) in [5.74, 6) is -1.16. The first-order valence-electron chi connectivity index (χ1n) is 5.72. The van der Waals surface area contributed by atoms with E-state index in [0.29, 0.717) is 13.1 Å². The number of aliphatic carboxylic acids is 1. The number of nitrogens with one attached hydrogen (secondary N) is 1. The Labute approximate surface area is 114 Å². The van der Waals surface area contributed by atoms with E-state index in [9.17, 15) is 14.4 Å². The molecular weight excluding hydrogens is 268 g/mol.